The van der Waals surface area contributed by atoms with Crippen molar-refractivity contribution in [2.45, 2.75) is 19.8 Å². The van der Waals surface area contributed by atoms with Crippen LogP contribution in [0.4, 0.5) is 0 Å². The number of methoxy groups -OCH3 is 2. The molecule has 1 N–H and O–H groups in total. The molecule has 6 nitrogen and oxygen atoms in total. The third-order valence-corrected chi connectivity index (χ3v) is 2.81. The SMILES string of the molecule is CCCCNC(=O)COC(=O)c1ccc(OC)c(OC)c1. The smallest absolute Gasteiger partial charge is 0.338 e. The Bertz CT molecular complexity index is 487. The van der Waals surface area contributed by atoms with Gasteiger partial charge in [0.05, 0.1) is 19.8 Å². The number of benzene rings is 1. The highest BCUT2D eigenvalue weighted by Crippen LogP contribution is 2.27. The lowest BCUT2D eigenvalue weighted by atomic mass is 10.2. The highest BCUT2D eigenvalue weighted by Gasteiger charge is 2.13. The fraction of sp³-hybridized carbons (Fsp3) is 0.467. The fourth-order valence-electron chi connectivity index (χ4n) is 1.63. The fourth-order valence-corrected chi connectivity index (χ4v) is 1.63. The summed E-state index contributed by atoms with van der Waals surface area (Å²) in [5.74, 6) is 0.0598. The third-order valence-electron chi connectivity index (χ3n) is 2.81. The van der Waals surface area contributed by atoms with Crippen molar-refractivity contribution in [1.29, 1.82) is 0 Å². The molecule has 1 amide bonds. The molecule has 0 bridgehead atoms. The van der Waals surface area contributed by atoms with Crippen LogP contribution in [0, 0.1) is 0 Å². The van der Waals surface area contributed by atoms with Gasteiger partial charge in [0.15, 0.2) is 18.1 Å². The van der Waals surface area contributed by atoms with Crippen molar-refractivity contribution in [1.82, 2.24) is 5.32 Å². The van der Waals surface area contributed by atoms with Crippen molar-refractivity contribution in [2.24, 2.45) is 0 Å². The second kappa shape index (κ2) is 8.84. The highest BCUT2D eigenvalue weighted by atomic mass is 16.5. The van der Waals surface area contributed by atoms with E-state index >= 15 is 0 Å². The largest absolute Gasteiger partial charge is 0.493 e. The van der Waals surface area contributed by atoms with E-state index in [1.54, 1.807) is 12.1 Å². The molecule has 0 aliphatic rings. The molecule has 21 heavy (non-hydrogen) atoms. The van der Waals surface area contributed by atoms with Crippen molar-refractivity contribution in [2.75, 3.05) is 27.4 Å². The van der Waals surface area contributed by atoms with Crippen LogP contribution in [0.1, 0.15) is 30.1 Å². The maximum absolute atomic E-state index is 11.8. The zero-order valence-electron chi connectivity index (χ0n) is 12.6. The first-order chi connectivity index (χ1) is 10.1. The van der Waals surface area contributed by atoms with Crippen molar-refractivity contribution < 1.29 is 23.8 Å². The molecule has 0 saturated carbocycles. The lowest BCUT2D eigenvalue weighted by Crippen LogP contribution is -2.29. The zero-order chi connectivity index (χ0) is 15.7. The second-order valence-corrected chi connectivity index (χ2v) is 4.35. The summed E-state index contributed by atoms with van der Waals surface area (Å²) in [7, 11) is 2.99. The predicted octanol–water partition coefficient (Wildman–Crippen LogP) is 1.78. The lowest BCUT2D eigenvalue weighted by Gasteiger charge is -2.09. The first-order valence-electron chi connectivity index (χ1n) is 6.78. The van der Waals surface area contributed by atoms with Gasteiger partial charge in [-0.3, -0.25) is 4.79 Å². The zero-order valence-corrected chi connectivity index (χ0v) is 12.6. The number of carbonyl (C=O) groups excluding carboxylic acids is 2. The molecule has 0 spiro atoms. The molecule has 0 aliphatic carbocycles. The van der Waals surface area contributed by atoms with Crippen molar-refractivity contribution in [3.8, 4) is 11.5 Å². The molecule has 0 heterocycles. The molecule has 0 aromatic heterocycles. The minimum Gasteiger partial charge on any atom is -0.493 e. The van der Waals surface area contributed by atoms with Gasteiger partial charge in [-0.15, -0.1) is 0 Å². The van der Waals surface area contributed by atoms with Crippen LogP contribution in [-0.2, 0) is 9.53 Å². The van der Waals surface area contributed by atoms with Crippen LogP contribution in [0.25, 0.3) is 0 Å². The van der Waals surface area contributed by atoms with Gasteiger partial charge in [0.25, 0.3) is 5.91 Å². The van der Waals surface area contributed by atoms with Crippen molar-refractivity contribution in [3.63, 3.8) is 0 Å². The average Bonchev–Trinajstić information content (AvgIpc) is 2.52. The summed E-state index contributed by atoms with van der Waals surface area (Å²) in [6.07, 6.45) is 1.89. The average molecular weight is 295 g/mol. The molecule has 0 atom stereocenters. The summed E-state index contributed by atoms with van der Waals surface area (Å²) in [6, 6.07) is 4.67. The Kier molecular flexibility index (Phi) is 7.08. The standard InChI is InChI=1S/C15H21NO5/c1-4-5-8-16-14(17)10-21-15(18)11-6-7-12(19-2)13(9-11)20-3/h6-7,9H,4-5,8,10H2,1-3H3,(H,16,17). The van der Waals surface area contributed by atoms with Gasteiger partial charge in [-0.1, -0.05) is 13.3 Å². The minimum atomic E-state index is -0.582. The second-order valence-electron chi connectivity index (χ2n) is 4.35. The van der Waals surface area contributed by atoms with Crippen LogP contribution in [0.3, 0.4) is 0 Å². The third kappa shape index (κ3) is 5.33. The number of unbranched alkanes of at least 4 members (excludes halogenated alkanes) is 1. The molecular formula is C15H21NO5. The Labute approximate surface area is 124 Å². The van der Waals surface area contributed by atoms with Crippen LogP contribution >= 0.6 is 0 Å². The topological polar surface area (TPSA) is 73.9 Å². The highest BCUT2D eigenvalue weighted by molar-refractivity contribution is 5.92. The normalized spacial score (nSPS) is 9.86. The molecule has 0 fully saturated rings. The van der Waals surface area contributed by atoms with E-state index in [0.717, 1.165) is 12.8 Å². The predicted molar refractivity (Wildman–Crippen MR) is 77.7 cm³/mol. The molecule has 1 rings (SSSR count). The van der Waals surface area contributed by atoms with Crippen LogP contribution in [0.5, 0.6) is 11.5 Å². The van der Waals surface area contributed by atoms with E-state index in [0.29, 0.717) is 23.6 Å². The van der Waals surface area contributed by atoms with E-state index in [-0.39, 0.29) is 12.5 Å². The quantitative estimate of drug-likeness (QED) is 0.584. The van der Waals surface area contributed by atoms with Crippen LogP contribution in [0.2, 0.25) is 0 Å². The van der Waals surface area contributed by atoms with Gasteiger partial charge in [0.2, 0.25) is 0 Å². The van der Waals surface area contributed by atoms with Crippen LogP contribution in [0.15, 0.2) is 18.2 Å². The Morgan fingerprint density at radius 2 is 1.86 bits per heavy atom. The Balaban J connectivity index is 2.54. The number of nitrogens with one attached hydrogen (secondary N) is 1. The Morgan fingerprint density at radius 1 is 1.14 bits per heavy atom. The van der Waals surface area contributed by atoms with E-state index in [4.69, 9.17) is 14.2 Å². The summed E-state index contributed by atoms with van der Waals surface area (Å²) >= 11 is 0. The summed E-state index contributed by atoms with van der Waals surface area (Å²) in [6.45, 7) is 2.32. The first-order valence-corrected chi connectivity index (χ1v) is 6.78. The minimum absolute atomic E-state index is 0.295. The molecule has 1 aromatic carbocycles. The Hall–Kier alpha value is -2.24. The van der Waals surface area contributed by atoms with Gasteiger partial charge in [0.1, 0.15) is 0 Å². The van der Waals surface area contributed by atoms with Gasteiger partial charge >= 0.3 is 5.97 Å². The molecule has 0 radical (unpaired) electrons. The van der Waals surface area contributed by atoms with E-state index in [1.807, 2.05) is 6.92 Å². The van der Waals surface area contributed by atoms with Crippen molar-refractivity contribution >= 4 is 11.9 Å². The van der Waals surface area contributed by atoms with Crippen molar-refractivity contribution in [3.05, 3.63) is 23.8 Å². The number of ether oxygens (including phenoxy) is 3. The van der Waals surface area contributed by atoms with E-state index in [1.165, 1.54) is 20.3 Å². The number of carbonyl (C=O) groups is 2. The summed E-state index contributed by atoms with van der Waals surface area (Å²) in [5, 5.41) is 2.67. The first kappa shape index (κ1) is 16.8. The number of esters is 1. The number of hydrogen-bond acceptors (Lipinski definition) is 5. The van der Waals surface area contributed by atoms with Crippen LogP contribution in [-0.4, -0.2) is 39.2 Å². The molecule has 116 valence electrons. The van der Waals surface area contributed by atoms with Gasteiger partial charge in [-0.2, -0.15) is 0 Å². The van der Waals surface area contributed by atoms with Gasteiger partial charge in [-0.25, -0.2) is 4.79 Å². The molecule has 1 aromatic rings. The molecule has 6 heteroatoms. The summed E-state index contributed by atoms with van der Waals surface area (Å²) < 4.78 is 15.1. The van der Waals surface area contributed by atoms with E-state index < -0.39 is 5.97 Å². The number of rotatable bonds is 8. The molecule has 0 unspecified atom stereocenters. The molecule has 0 aliphatic heterocycles. The van der Waals surface area contributed by atoms with Crippen LogP contribution < -0.4 is 14.8 Å². The van der Waals surface area contributed by atoms with Gasteiger partial charge in [0, 0.05) is 6.54 Å². The summed E-state index contributed by atoms with van der Waals surface area (Å²) in [5.41, 5.74) is 0.300. The molecular weight excluding hydrogens is 274 g/mol. The monoisotopic (exact) mass is 295 g/mol. The van der Waals surface area contributed by atoms with Gasteiger partial charge < -0.3 is 19.5 Å². The van der Waals surface area contributed by atoms with Gasteiger partial charge in [-0.05, 0) is 24.6 Å². The maximum Gasteiger partial charge on any atom is 0.338 e. The maximum atomic E-state index is 11.8. The summed E-state index contributed by atoms with van der Waals surface area (Å²) in [4.78, 5) is 23.3. The number of hydrogen-bond donors (Lipinski definition) is 1. The Morgan fingerprint density at radius 3 is 2.48 bits per heavy atom. The van der Waals surface area contributed by atoms with E-state index in [2.05, 4.69) is 5.32 Å². The van der Waals surface area contributed by atoms with E-state index in [9.17, 15) is 9.59 Å². The number of amides is 1. The lowest BCUT2D eigenvalue weighted by molar-refractivity contribution is -0.124. The molecule has 0 saturated heterocycles.